The molecule has 5 rings (SSSR count). The summed E-state index contributed by atoms with van der Waals surface area (Å²) in [6.07, 6.45) is 9.39. The van der Waals surface area contributed by atoms with Gasteiger partial charge in [-0.25, -0.2) is 24.5 Å². The Morgan fingerprint density at radius 2 is 1.27 bits per heavy atom. The van der Waals surface area contributed by atoms with Gasteiger partial charge in [0.1, 0.15) is 22.9 Å². The number of carbonyl (C=O) groups is 6. The van der Waals surface area contributed by atoms with Crippen LogP contribution in [0, 0.1) is 28.6 Å². The SMILES string of the molecule is CC(C)(C)C(=O)CCCC[C@@H]1SC[C@@H]2NC(=O)N[C@@H]21.CC(C)(C)C(C)(P(C)(C)=O)P(C)(C)=O.Cc1nc(N)nc2ncc(CN(C)c3ccc(C(=O)N[C@H](C)CCC(=O)C(C)(C)C)cc3)nc12.O=C=O.[3H][C@@H](CCC)NC(=O)N[C@H](C)CCC(=O)C(C)(C)C. The first-order valence-corrected chi connectivity index (χ1v) is 36.6. The molecule has 88 heavy (non-hydrogen) atoms. The Bertz CT molecular complexity index is 2940. The minimum Gasteiger partial charge on any atom is -0.369 e. The van der Waals surface area contributed by atoms with Gasteiger partial charge < -0.3 is 46.3 Å². The Kier molecular flexibility index (Phi) is 31.4. The molecule has 21 nitrogen and oxygen atoms in total. The van der Waals surface area contributed by atoms with E-state index in [2.05, 4.69) is 46.5 Å². The minimum absolute atomic E-state index is 0.0248. The molecule has 2 aromatic heterocycles. The minimum atomic E-state index is -2.39. The fraction of sp³-hybridized carbons (Fsp3) is 0.703. The third-order valence-electron chi connectivity index (χ3n) is 15.8. The summed E-state index contributed by atoms with van der Waals surface area (Å²) in [6.45, 7) is 39.9. The maximum atomic E-state index is 12.6. The Hall–Kier alpha value is -5.55. The molecule has 2 aliphatic heterocycles. The number of aromatic nitrogens is 4. The molecule has 0 radical (unpaired) electrons. The molecule has 0 unspecified atom stereocenters. The number of nitrogens with zero attached hydrogens (tertiary/aromatic N) is 5. The second-order valence-electron chi connectivity index (χ2n) is 28.0. The van der Waals surface area contributed by atoms with Crippen molar-refractivity contribution < 1.29 is 48.9 Å². The molecular formula is C64H109N11O10P2S. The van der Waals surface area contributed by atoms with Crippen molar-refractivity contribution in [3.8, 4) is 0 Å². The van der Waals surface area contributed by atoms with Crippen molar-refractivity contribution in [2.24, 2.45) is 21.7 Å². The van der Waals surface area contributed by atoms with Crippen molar-refractivity contribution in [3.63, 3.8) is 0 Å². The number of benzene rings is 1. The number of aryl methyl sites for hydroxylation is 1. The molecule has 4 heterocycles. The normalized spacial score (nSPS) is 17.0. The Morgan fingerprint density at radius 3 is 1.74 bits per heavy atom. The van der Waals surface area contributed by atoms with Gasteiger partial charge in [0.2, 0.25) is 5.95 Å². The van der Waals surface area contributed by atoms with E-state index in [1.807, 2.05) is 154 Å². The van der Waals surface area contributed by atoms with E-state index < -0.39 is 25.7 Å². The predicted molar refractivity (Wildman–Crippen MR) is 358 cm³/mol. The maximum absolute atomic E-state index is 12.6. The van der Waals surface area contributed by atoms with Crippen LogP contribution < -0.4 is 37.2 Å². The van der Waals surface area contributed by atoms with E-state index in [4.69, 9.17) is 16.7 Å². The summed E-state index contributed by atoms with van der Waals surface area (Å²) in [5, 5.41) is 14.7. The van der Waals surface area contributed by atoms with Crippen LogP contribution in [0.3, 0.4) is 0 Å². The number of carbonyl (C=O) groups excluding carboxylic acids is 8. The van der Waals surface area contributed by atoms with Crippen LogP contribution in [-0.4, -0.2) is 142 Å². The average Bonchev–Trinajstić information content (AvgIpc) is 1.41. The molecule has 0 aliphatic carbocycles. The van der Waals surface area contributed by atoms with Crippen LogP contribution in [0.1, 0.15) is 198 Å². The van der Waals surface area contributed by atoms with Gasteiger partial charge in [-0.2, -0.15) is 26.3 Å². The molecule has 7 N–H and O–H groups in total. The molecule has 0 saturated carbocycles. The standard InChI is InChI=1S/C25H33N7O2.C14H24N2O2S.C14H28N2O2.C10H24O2P2.CO2/c1-15(7-12-20(33)25(3,4)5)28-23(34)17-8-10-19(11-9-17)32(6)14-18-13-27-22-21(30-18)16(2)29-24(26)31-22;1-14(2,3)11(17)7-5-4-6-10-12-9(8-19-10)15-13(18)16-12;1-6-7-10-15-13(18)16-11(2)8-9-12(17)14(3,4)5;1-9(2,3)10(4,13(5,6)11)14(7,8)12;2-1-3/h8-11,13,15H,7,12,14H2,1-6H3,(H,28,34)(H2,26,27,29,31);9-10,12H,4-8H2,1-3H3,(H2,15,16,18);11H,6-10H2,1-5H3,(H2,15,16,18);1-8H3;/t15-;9-,10-,12-;11-;;/m101../s1/i;;10T;;/t;;10-,11+;;/m..0... The number of urea groups is 2. The number of amides is 5. The second-order valence-corrected chi connectivity index (χ2v) is 36.8. The van der Waals surface area contributed by atoms with E-state index in [9.17, 15) is 37.9 Å². The summed E-state index contributed by atoms with van der Waals surface area (Å²) in [5.41, 5.74) is 8.66. The van der Waals surface area contributed by atoms with Gasteiger partial charge in [-0.05, 0) is 116 Å². The van der Waals surface area contributed by atoms with Crippen LogP contribution in [0.5, 0.6) is 0 Å². The lowest BCUT2D eigenvalue weighted by molar-refractivity contribution is -0.191. The van der Waals surface area contributed by atoms with Crippen molar-refractivity contribution in [3.05, 3.63) is 47.4 Å². The largest absolute Gasteiger partial charge is 0.373 e. The van der Waals surface area contributed by atoms with Gasteiger partial charge in [-0.3, -0.25) is 19.2 Å². The lowest BCUT2D eigenvalue weighted by Crippen LogP contribution is -2.41. The molecule has 2 fully saturated rings. The fourth-order valence-corrected chi connectivity index (χ4v) is 19.1. The first-order chi connectivity index (χ1) is 40.6. The zero-order valence-electron chi connectivity index (χ0n) is 58.0. The van der Waals surface area contributed by atoms with Crippen molar-refractivity contribution in [2.75, 3.05) is 56.6 Å². The molecule has 2 aliphatic rings. The number of nitrogens with one attached hydrogen (secondary N) is 5. The van der Waals surface area contributed by atoms with Crippen LogP contribution >= 0.6 is 26.0 Å². The third-order valence-corrected chi connectivity index (χ3v) is 25.7. The molecule has 496 valence electrons. The lowest BCUT2D eigenvalue weighted by Gasteiger charge is -2.47. The van der Waals surface area contributed by atoms with Crippen LogP contribution in [-0.2, 0) is 39.6 Å². The zero-order chi connectivity index (χ0) is 68.8. The summed E-state index contributed by atoms with van der Waals surface area (Å²) in [5.74, 6) is 1.78. The number of hydrogen-bond acceptors (Lipinski definition) is 17. The zero-order valence-corrected chi connectivity index (χ0v) is 59.6. The summed E-state index contributed by atoms with van der Waals surface area (Å²) in [6, 6.07) is 7.46. The van der Waals surface area contributed by atoms with Gasteiger partial charge in [-0.1, -0.05) is 103 Å². The summed E-state index contributed by atoms with van der Waals surface area (Å²) >= 11 is 1.94. The number of nitrogens with two attached hydrogens (primary N) is 1. The van der Waals surface area contributed by atoms with Gasteiger partial charge in [0.25, 0.3) is 5.91 Å². The number of unbranched alkanes of at least 4 members (excludes halogenated alkanes) is 1. The number of ketones is 3. The van der Waals surface area contributed by atoms with Crippen LogP contribution in [0.2, 0.25) is 0 Å². The molecule has 1 aromatic carbocycles. The highest BCUT2D eigenvalue weighted by Crippen LogP contribution is 2.75. The predicted octanol–water partition coefficient (Wildman–Crippen LogP) is 12.1. The Balaban J connectivity index is 0.000000620. The number of hydrogen-bond donors (Lipinski definition) is 6. The van der Waals surface area contributed by atoms with Crippen LogP contribution in [0.15, 0.2) is 30.5 Å². The van der Waals surface area contributed by atoms with E-state index >= 15 is 0 Å². The fourth-order valence-electron chi connectivity index (χ4n) is 9.70. The van der Waals surface area contributed by atoms with Gasteiger partial charge in [-0.15, -0.1) is 0 Å². The lowest BCUT2D eigenvalue weighted by atomic mass is 9.87. The highest BCUT2D eigenvalue weighted by atomic mass is 32.2. The molecule has 6 atom stereocenters. The quantitative estimate of drug-likeness (QED) is 0.0309. The monoisotopic (exact) mass is 1290 g/mol. The first kappa shape index (κ1) is 78.5. The summed E-state index contributed by atoms with van der Waals surface area (Å²) in [4.78, 5) is 106. The molecule has 5 amide bonds. The molecular weight excluding hydrogens is 1180 g/mol. The number of thioether (sulfide) groups is 1. The molecule has 0 spiro atoms. The second kappa shape index (κ2) is 35.2. The van der Waals surface area contributed by atoms with E-state index in [0.717, 1.165) is 42.8 Å². The highest BCUT2D eigenvalue weighted by Gasteiger charge is 2.54. The van der Waals surface area contributed by atoms with Crippen molar-refractivity contribution in [1.82, 2.24) is 46.5 Å². The smallest absolute Gasteiger partial charge is 0.369 e. The first-order valence-electron chi connectivity index (χ1n) is 31.0. The van der Waals surface area contributed by atoms with Crippen molar-refractivity contribution in [2.45, 2.75) is 223 Å². The molecule has 24 heteroatoms. The Labute approximate surface area is 531 Å². The maximum Gasteiger partial charge on any atom is 0.373 e. The van der Waals surface area contributed by atoms with E-state index in [1.165, 1.54) is 0 Å². The number of fused-ring (bicyclic) bond motifs is 2. The van der Waals surface area contributed by atoms with Crippen LogP contribution in [0.4, 0.5) is 21.2 Å². The van der Waals surface area contributed by atoms with E-state index in [0.29, 0.717) is 84.6 Å². The Morgan fingerprint density at radius 1 is 0.773 bits per heavy atom. The van der Waals surface area contributed by atoms with Crippen molar-refractivity contribution >= 4 is 90.3 Å². The molecule has 3 aromatic rings. The van der Waals surface area contributed by atoms with E-state index in [1.54, 1.807) is 45.0 Å². The van der Waals surface area contributed by atoms with Gasteiger partial charge in [0, 0.05) is 84.8 Å². The summed E-state index contributed by atoms with van der Waals surface area (Å²) < 4.78 is 32.3. The third kappa shape index (κ3) is 26.9. The van der Waals surface area contributed by atoms with Gasteiger partial charge in [0.15, 0.2) is 5.65 Å². The molecule has 0 bridgehead atoms. The van der Waals surface area contributed by atoms with E-state index in [-0.39, 0.29) is 81.4 Å². The topological polar surface area (TPSA) is 312 Å². The van der Waals surface area contributed by atoms with Crippen LogP contribution in [0.25, 0.3) is 11.2 Å². The number of Topliss-reactive ketones (excluding diaryl/α,β-unsaturated/α-hetero) is 3. The van der Waals surface area contributed by atoms with Gasteiger partial charge in [0.05, 0.1) is 55.4 Å². The van der Waals surface area contributed by atoms with Gasteiger partial charge >= 0.3 is 18.2 Å². The number of rotatable bonds is 22. The highest BCUT2D eigenvalue weighted by molar-refractivity contribution is 8.00. The van der Waals surface area contributed by atoms with Crippen molar-refractivity contribution in [1.29, 1.82) is 0 Å². The average molecular weight is 1290 g/mol. The molecule has 2 saturated heterocycles. The number of nitrogen functional groups attached to an aromatic ring is 1. The summed E-state index contributed by atoms with van der Waals surface area (Å²) in [7, 11) is -2.84. The number of anilines is 2.